The Morgan fingerprint density at radius 1 is 1.33 bits per heavy atom. The van der Waals surface area contributed by atoms with Gasteiger partial charge in [0.1, 0.15) is 0 Å². The lowest BCUT2D eigenvalue weighted by Crippen LogP contribution is -2.32. The molecule has 1 saturated heterocycles. The fourth-order valence-electron chi connectivity index (χ4n) is 2.79. The fourth-order valence-corrected chi connectivity index (χ4v) is 2.79. The van der Waals surface area contributed by atoms with Gasteiger partial charge in [0.2, 0.25) is 5.91 Å². The van der Waals surface area contributed by atoms with Crippen LogP contribution in [-0.2, 0) is 16.0 Å². The van der Waals surface area contributed by atoms with Gasteiger partial charge in [-0.25, -0.2) is 0 Å². The zero-order valence-electron chi connectivity index (χ0n) is 13.5. The third-order valence-electron chi connectivity index (χ3n) is 4.33. The van der Waals surface area contributed by atoms with Crippen molar-refractivity contribution in [3.05, 3.63) is 34.9 Å². The number of amides is 1. The molecule has 0 aliphatic carbocycles. The quantitative estimate of drug-likeness (QED) is 0.832. The first-order valence-corrected chi connectivity index (χ1v) is 7.98. The molecule has 1 aromatic rings. The SMILES string of the molecule is Cc1ccc(C)c(CC(=O)N(C)CC[C@@H]2CCCCO2)c1. The lowest BCUT2D eigenvalue weighted by atomic mass is 10.0. The molecule has 3 heteroatoms. The monoisotopic (exact) mass is 289 g/mol. The van der Waals surface area contributed by atoms with Crippen molar-refractivity contribution in [3.63, 3.8) is 0 Å². The fraction of sp³-hybridized carbons (Fsp3) is 0.611. The Morgan fingerprint density at radius 3 is 2.86 bits per heavy atom. The number of aryl methyl sites for hydroxylation is 2. The summed E-state index contributed by atoms with van der Waals surface area (Å²) in [6.45, 7) is 5.80. The molecule has 0 aromatic heterocycles. The highest BCUT2D eigenvalue weighted by Gasteiger charge is 2.17. The minimum absolute atomic E-state index is 0.194. The first kappa shape index (κ1) is 16.0. The van der Waals surface area contributed by atoms with Gasteiger partial charge < -0.3 is 9.64 Å². The average Bonchev–Trinajstić information content (AvgIpc) is 2.49. The number of carbonyl (C=O) groups excluding carboxylic acids is 1. The molecule has 1 fully saturated rings. The first-order chi connectivity index (χ1) is 10.1. The molecule has 0 spiro atoms. The summed E-state index contributed by atoms with van der Waals surface area (Å²) in [7, 11) is 1.90. The van der Waals surface area contributed by atoms with Crippen LogP contribution in [-0.4, -0.2) is 37.1 Å². The van der Waals surface area contributed by atoms with Gasteiger partial charge in [0.15, 0.2) is 0 Å². The smallest absolute Gasteiger partial charge is 0.226 e. The van der Waals surface area contributed by atoms with Crippen LogP contribution in [0.1, 0.15) is 42.4 Å². The van der Waals surface area contributed by atoms with Crippen molar-refractivity contribution in [3.8, 4) is 0 Å². The molecular weight excluding hydrogens is 262 g/mol. The van der Waals surface area contributed by atoms with E-state index in [1.807, 2.05) is 11.9 Å². The van der Waals surface area contributed by atoms with Gasteiger partial charge in [0, 0.05) is 20.2 Å². The zero-order chi connectivity index (χ0) is 15.2. The average molecular weight is 289 g/mol. The molecule has 0 unspecified atom stereocenters. The molecule has 1 aliphatic rings. The van der Waals surface area contributed by atoms with Crippen molar-refractivity contribution in [2.45, 2.75) is 52.1 Å². The number of nitrogens with zero attached hydrogens (tertiary/aromatic N) is 1. The number of ether oxygens (including phenoxy) is 1. The van der Waals surface area contributed by atoms with Crippen LogP contribution in [0.5, 0.6) is 0 Å². The normalized spacial score (nSPS) is 18.5. The number of hydrogen-bond acceptors (Lipinski definition) is 2. The Labute approximate surface area is 128 Å². The van der Waals surface area contributed by atoms with Gasteiger partial charge in [-0.2, -0.15) is 0 Å². The number of rotatable bonds is 5. The summed E-state index contributed by atoms with van der Waals surface area (Å²) in [4.78, 5) is 14.2. The van der Waals surface area contributed by atoms with Gasteiger partial charge in [-0.15, -0.1) is 0 Å². The van der Waals surface area contributed by atoms with Crippen LogP contribution in [0.3, 0.4) is 0 Å². The van der Waals surface area contributed by atoms with Crippen molar-refractivity contribution >= 4 is 5.91 Å². The van der Waals surface area contributed by atoms with E-state index in [1.165, 1.54) is 24.0 Å². The number of benzene rings is 1. The van der Waals surface area contributed by atoms with Crippen molar-refractivity contribution < 1.29 is 9.53 Å². The van der Waals surface area contributed by atoms with Crippen molar-refractivity contribution in [2.24, 2.45) is 0 Å². The molecule has 116 valence electrons. The van der Waals surface area contributed by atoms with Gasteiger partial charge >= 0.3 is 0 Å². The summed E-state index contributed by atoms with van der Waals surface area (Å²) in [5.41, 5.74) is 3.54. The predicted molar refractivity (Wildman–Crippen MR) is 85.5 cm³/mol. The second-order valence-corrected chi connectivity index (χ2v) is 6.20. The predicted octanol–water partition coefficient (Wildman–Crippen LogP) is 3.26. The summed E-state index contributed by atoms with van der Waals surface area (Å²) in [5, 5.41) is 0. The maximum atomic E-state index is 12.3. The van der Waals surface area contributed by atoms with Crippen LogP contribution in [0.2, 0.25) is 0 Å². The number of likely N-dealkylation sites (N-methyl/N-ethyl adjacent to an activating group) is 1. The molecule has 0 N–H and O–H groups in total. The molecule has 1 aliphatic heterocycles. The van der Waals surface area contributed by atoms with Gasteiger partial charge in [-0.3, -0.25) is 4.79 Å². The minimum atomic E-state index is 0.194. The largest absolute Gasteiger partial charge is 0.378 e. The van der Waals surface area contributed by atoms with E-state index in [4.69, 9.17) is 4.74 Å². The molecule has 1 atom stereocenters. The third-order valence-corrected chi connectivity index (χ3v) is 4.33. The highest BCUT2D eigenvalue weighted by molar-refractivity contribution is 5.78. The van der Waals surface area contributed by atoms with Crippen LogP contribution >= 0.6 is 0 Å². The van der Waals surface area contributed by atoms with E-state index >= 15 is 0 Å². The van der Waals surface area contributed by atoms with E-state index in [2.05, 4.69) is 32.0 Å². The molecule has 1 amide bonds. The summed E-state index contributed by atoms with van der Waals surface area (Å²) < 4.78 is 5.72. The van der Waals surface area contributed by atoms with Gasteiger partial charge in [-0.05, 0) is 50.7 Å². The Balaban J connectivity index is 1.82. The molecule has 2 rings (SSSR count). The molecule has 0 radical (unpaired) electrons. The minimum Gasteiger partial charge on any atom is -0.378 e. The Bertz CT molecular complexity index is 478. The summed E-state index contributed by atoms with van der Waals surface area (Å²) in [5.74, 6) is 0.194. The van der Waals surface area contributed by atoms with E-state index in [9.17, 15) is 4.79 Å². The lowest BCUT2D eigenvalue weighted by molar-refractivity contribution is -0.129. The standard InChI is InChI=1S/C18H27NO2/c1-14-7-8-15(2)16(12-14)13-18(20)19(3)10-9-17-6-4-5-11-21-17/h7-8,12,17H,4-6,9-11,13H2,1-3H3/t17-/m0/s1. The molecule has 1 aromatic carbocycles. The second-order valence-electron chi connectivity index (χ2n) is 6.20. The van der Waals surface area contributed by atoms with E-state index in [0.29, 0.717) is 12.5 Å². The summed E-state index contributed by atoms with van der Waals surface area (Å²) >= 11 is 0. The Hall–Kier alpha value is -1.35. The van der Waals surface area contributed by atoms with Crippen LogP contribution in [0.15, 0.2) is 18.2 Å². The van der Waals surface area contributed by atoms with E-state index < -0.39 is 0 Å². The lowest BCUT2D eigenvalue weighted by Gasteiger charge is -2.25. The molecule has 0 bridgehead atoms. The molecule has 1 heterocycles. The van der Waals surface area contributed by atoms with Crippen molar-refractivity contribution in [1.82, 2.24) is 4.90 Å². The van der Waals surface area contributed by atoms with Crippen LogP contribution in [0.4, 0.5) is 0 Å². The maximum Gasteiger partial charge on any atom is 0.226 e. The molecule has 0 saturated carbocycles. The van der Waals surface area contributed by atoms with Crippen LogP contribution in [0.25, 0.3) is 0 Å². The van der Waals surface area contributed by atoms with Crippen LogP contribution in [0, 0.1) is 13.8 Å². The molecule has 21 heavy (non-hydrogen) atoms. The topological polar surface area (TPSA) is 29.5 Å². The third kappa shape index (κ3) is 4.85. The van der Waals surface area contributed by atoms with Gasteiger partial charge in [0.25, 0.3) is 0 Å². The summed E-state index contributed by atoms with van der Waals surface area (Å²) in [6, 6.07) is 6.30. The highest BCUT2D eigenvalue weighted by Crippen LogP contribution is 2.16. The zero-order valence-corrected chi connectivity index (χ0v) is 13.5. The van der Waals surface area contributed by atoms with E-state index in [0.717, 1.165) is 31.6 Å². The number of hydrogen-bond donors (Lipinski definition) is 0. The molecular formula is C18H27NO2. The molecule has 3 nitrogen and oxygen atoms in total. The van der Waals surface area contributed by atoms with Gasteiger partial charge in [-0.1, -0.05) is 23.8 Å². The second kappa shape index (κ2) is 7.60. The number of carbonyl (C=O) groups is 1. The van der Waals surface area contributed by atoms with Gasteiger partial charge in [0.05, 0.1) is 12.5 Å². The first-order valence-electron chi connectivity index (χ1n) is 7.98. The Kier molecular flexibility index (Phi) is 5.80. The van der Waals surface area contributed by atoms with E-state index in [-0.39, 0.29) is 5.91 Å². The van der Waals surface area contributed by atoms with Crippen molar-refractivity contribution in [2.75, 3.05) is 20.2 Å². The Morgan fingerprint density at radius 2 is 2.14 bits per heavy atom. The highest BCUT2D eigenvalue weighted by atomic mass is 16.5. The van der Waals surface area contributed by atoms with E-state index in [1.54, 1.807) is 0 Å². The summed E-state index contributed by atoms with van der Waals surface area (Å²) in [6.07, 6.45) is 5.36. The van der Waals surface area contributed by atoms with Crippen molar-refractivity contribution in [1.29, 1.82) is 0 Å². The van der Waals surface area contributed by atoms with Crippen LogP contribution < -0.4 is 0 Å². The maximum absolute atomic E-state index is 12.3.